The van der Waals surface area contributed by atoms with E-state index in [1.165, 1.54) is 0 Å². The SMILES string of the molecule is CNC(=O)c1cccc(C=O)c1.CNc1cc(C=NCCC(C)(C)O)c(N)cc1-c1ccc(C(=O)NCc2ccoc2)cc1. The maximum Gasteiger partial charge on any atom is 0.251 e. The number of benzene rings is 3. The van der Waals surface area contributed by atoms with Crippen molar-refractivity contribution >= 4 is 35.7 Å². The second kappa shape index (κ2) is 15.9. The fraction of sp³-hybridized carbons (Fsp3) is 0.235. The Morgan fingerprint density at radius 1 is 1.00 bits per heavy atom. The minimum Gasteiger partial charge on any atom is -0.472 e. The van der Waals surface area contributed by atoms with Crippen molar-refractivity contribution < 1.29 is 23.9 Å². The Kier molecular flexibility index (Phi) is 12.0. The first kappa shape index (κ1) is 33.3. The van der Waals surface area contributed by atoms with Gasteiger partial charge in [0.1, 0.15) is 6.29 Å². The predicted molar refractivity (Wildman–Crippen MR) is 174 cm³/mol. The van der Waals surface area contributed by atoms with Crippen molar-refractivity contribution in [1.29, 1.82) is 0 Å². The Morgan fingerprint density at radius 3 is 2.36 bits per heavy atom. The van der Waals surface area contributed by atoms with E-state index < -0.39 is 5.60 Å². The van der Waals surface area contributed by atoms with Crippen LogP contribution in [-0.2, 0) is 6.54 Å². The van der Waals surface area contributed by atoms with Crippen LogP contribution in [0, 0.1) is 0 Å². The highest BCUT2D eigenvalue weighted by atomic mass is 16.3. The predicted octanol–water partition coefficient (Wildman–Crippen LogP) is 4.94. The maximum absolute atomic E-state index is 12.4. The van der Waals surface area contributed by atoms with E-state index in [-0.39, 0.29) is 11.8 Å². The molecule has 0 saturated heterocycles. The third-order valence-corrected chi connectivity index (χ3v) is 6.58. The number of nitrogens with one attached hydrogen (secondary N) is 3. The lowest BCUT2D eigenvalue weighted by molar-refractivity contribution is 0.0738. The smallest absolute Gasteiger partial charge is 0.251 e. The van der Waals surface area contributed by atoms with Crippen molar-refractivity contribution in [1.82, 2.24) is 10.6 Å². The van der Waals surface area contributed by atoms with Gasteiger partial charge in [0, 0.05) is 78.2 Å². The van der Waals surface area contributed by atoms with Crippen LogP contribution in [0.2, 0.25) is 0 Å². The number of nitrogens with two attached hydrogens (primary N) is 1. The topological polar surface area (TPSA) is 159 Å². The van der Waals surface area contributed by atoms with E-state index in [1.807, 2.05) is 37.4 Å². The minimum atomic E-state index is -0.745. The highest BCUT2D eigenvalue weighted by Gasteiger charge is 2.12. The number of furan rings is 1. The zero-order chi connectivity index (χ0) is 32.1. The number of carbonyl (C=O) groups excluding carboxylic acids is 3. The van der Waals surface area contributed by atoms with Crippen LogP contribution in [0.25, 0.3) is 11.1 Å². The quantitative estimate of drug-likeness (QED) is 0.0930. The summed E-state index contributed by atoms with van der Waals surface area (Å²) in [5, 5.41) is 18.4. The van der Waals surface area contributed by atoms with E-state index in [0.29, 0.717) is 48.2 Å². The molecule has 0 spiro atoms. The molecule has 3 aromatic carbocycles. The van der Waals surface area contributed by atoms with Crippen LogP contribution in [0.5, 0.6) is 0 Å². The molecule has 0 bridgehead atoms. The van der Waals surface area contributed by atoms with Gasteiger partial charge in [-0.3, -0.25) is 19.4 Å². The fourth-order valence-corrected chi connectivity index (χ4v) is 4.07. The van der Waals surface area contributed by atoms with Gasteiger partial charge in [0.05, 0.1) is 18.1 Å². The van der Waals surface area contributed by atoms with E-state index in [1.54, 1.807) is 76.0 Å². The summed E-state index contributed by atoms with van der Waals surface area (Å²) >= 11 is 0. The van der Waals surface area contributed by atoms with Gasteiger partial charge in [-0.1, -0.05) is 24.3 Å². The number of aliphatic imine (C=N–C) groups is 1. The monoisotopic (exact) mass is 597 g/mol. The van der Waals surface area contributed by atoms with E-state index in [9.17, 15) is 19.5 Å². The molecule has 44 heavy (non-hydrogen) atoms. The van der Waals surface area contributed by atoms with Crippen LogP contribution >= 0.6 is 0 Å². The number of hydrogen-bond donors (Lipinski definition) is 5. The standard InChI is InChI=1S/C25H30N4O3.C9H9NO2/c1-25(2,31)9-10-28-15-20-12-23(27-3)21(13-22(20)26)18-4-6-19(7-5-18)24(30)29-14-17-8-11-32-16-17;1-10-9(12)8-4-2-3-7(5-8)6-11/h4-8,11-13,15-16,27,31H,9-10,14,26H2,1-3H3,(H,29,30);2-6H,1H3,(H,10,12). The summed E-state index contributed by atoms with van der Waals surface area (Å²) in [5.41, 5.74) is 12.2. The van der Waals surface area contributed by atoms with E-state index in [2.05, 4.69) is 20.9 Å². The molecule has 1 aromatic heterocycles. The first-order chi connectivity index (χ1) is 21.0. The summed E-state index contributed by atoms with van der Waals surface area (Å²) in [6.45, 7) is 4.46. The van der Waals surface area contributed by atoms with Crippen molar-refractivity contribution in [2.75, 3.05) is 31.7 Å². The Morgan fingerprint density at radius 2 is 1.75 bits per heavy atom. The van der Waals surface area contributed by atoms with Crippen LogP contribution in [0.4, 0.5) is 11.4 Å². The number of rotatable bonds is 11. The summed E-state index contributed by atoms with van der Waals surface area (Å²) in [6.07, 6.45) is 6.21. The lowest BCUT2D eigenvalue weighted by Gasteiger charge is -2.15. The average Bonchev–Trinajstić information content (AvgIpc) is 3.56. The third-order valence-electron chi connectivity index (χ3n) is 6.58. The summed E-state index contributed by atoms with van der Waals surface area (Å²) in [6, 6.07) is 19.6. The molecule has 1 heterocycles. The zero-order valence-electron chi connectivity index (χ0n) is 25.4. The Labute approximate surface area is 257 Å². The largest absolute Gasteiger partial charge is 0.472 e. The van der Waals surface area contributed by atoms with Gasteiger partial charge in [-0.2, -0.15) is 0 Å². The van der Waals surface area contributed by atoms with E-state index in [4.69, 9.17) is 10.2 Å². The van der Waals surface area contributed by atoms with Gasteiger partial charge in [0.2, 0.25) is 0 Å². The second-order valence-electron chi connectivity index (χ2n) is 10.6. The highest BCUT2D eigenvalue weighted by molar-refractivity contribution is 5.97. The molecule has 4 aromatic rings. The van der Waals surface area contributed by atoms with Crippen molar-refractivity contribution in [3.63, 3.8) is 0 Å². The molecular weight excluding hydrogens is 558 g/mol. The Balaban J connectivity index is 0.000000369. The molecule has 0 aliphatic carbocycles. The van der Waals surface area contributed by atoms with Gasteiger partial charge < -0.3 is 31.2 Å². The molecule has 0 unspecified atom stereocenters. The highest BCUT2D eigenvalue weighted by Crippen LogP contribution is 2.32. The van der Waals surface area contributed by atoms with E-state index >= 15 is 0 Å². The molecule has 2 amide bonds. The Hall–Kier alpha value is -5.22. The first-order valence-corrected chi connectivity index (χ1v) is 14.0. The minimum absolute atomic E-state index is 0.149. The van der Waals surface area contributed by atoms with Crippen LogP contribution in [-0.4, -0.2) is 55.7 Å². The molecular formula is C34H39N5O5. The van der Waals surface area contributed by atoms with Crippen molar-refractivity contribution in [2.24, 2.45) is 4.99 Å². The van der Waals surface area contributed by atoms with Crippen LogP contribution in [0.1, 0.15) is 62.5 Å². The number of hydrogen-bond acceptors (Lipinski definition) is 8. The molecule has 230 valence electrons. The summed E-state index contributed by atoms with van der Waals surface area (Å²) in [4.78, 5) is 38.2. The summed E-state index contributed by atoms with van der Waals surface area (Å²) < 4.78 is 5.01. The number of anilines is 2. The summed E-state index contributed by atoms with van der Waals surface area (Å²) in [7, 11) is 3.40. The van der Waals surface area contributed by atoms with Crippen molar-refractivity contribution in [3.05, 3.63) is 107 Å². The molecule has 0 aliphatic rings. The number of aliphatic hydroxyl groups is 1. The average molecular weight is 598 g/mol. The molecule has 10 heteroatoms. The van der Waals surface area contributed by atoms with E-state index in [0.717, 1.165) is 27.9 Å². The van der Waals surface area contributed by atoms with Gasteiger partial charge in [-0.25, -0.2) is 0 Å². The van der Waals surface area contributed by atoms with Gasteiger partial charge in [0.15, 0.2) is 0 Å². The molecule has 0 saturated carbocycles. The lowest BCUT2D eigenvalue weighted by atomic mass is 9.99. The zero-order valence-corrected chi connectivity index (χ0v) is 25.4. The van der Waals surface area contributed by atoms with Gasteiger partial charge in [-0.15, -0.1) is 0 Å². The lowest BCUT2D eigenvalue weighted by Crippen LogP contribution is -2.22. The van der Waals surface area contributed by atoms with Crippen LogP contribution in [0.15, 0.2) is 88.7 Å². The normalized spacial score (nSPS) is 10.9. The molecule has 6 N–H and O–H groups in total. The number of amides is 2. The van der Waals surface area contributed by atoms with Crippen molar-refractivity contribution in [2.45, 2.75) is 32.4 Å². The first-order valence-electron chi connectivity index (χ1n) is 14.0. The van der Waals surface area contributed by atoms with Gasteiger partial charge in [0.25, 0.3) is 11.8 Å². The van der Waals surface area contributed by atoms with Gasteiger partial charge in [-0.05, 0) is 68.3 Å². The van der Waals surface area contributed by atoms with Crippen molar-refractivity contribution in [3.8, 4) is 11.1 Å². The molecule has 0 fully saturated rings. The number of carbonyl (C=O) groups is 3. The second-order valence-corrected chi connectivity index (χ2v) is 10.6. The van der Waals surface area contributed by atoms with Crippen LogP contribution < -0.4 is 21.7 Å². The fourth-order valence-electron chi connectivity index (χ4n) is 4.07. The molecule has 10 nitrogen and oxygen atoms in total. The molecule has 4 rings (SSSR count). The number of aldehydes is 1. The molecule has 0 aliphatic heterocycles. The number of nitrogen functional groups attached to an aromatic ring is 1. The maximum atomic E-state index is 12.4. The number of nitrogens with zero attached hydrogens (tertiary/aromatic N) is 1. The summed E-state index contributed by atoms with van der Waals surface area (Å²) in [5.74, 6) is -0.331. The van der Waals surface area contributed by atoms with Gasteiger partial charge >= 0.3 is 0 Å². The third kappa shape index (κ3) is 9.95. The molecule has 0 atom stereocenters. The molecule has 0 radical (unpaired) electrons. The Bertz CT molecular complexity index is 1570. The van der Waals surface area contributed by atoms with Crippen LogP contribution in [0.3, 0.4) is 0 Å².